The third-order valence-corrected chi connectivity index (χ3v) is 7.18. The van der Waals surface area contributed by atoms with Gasteiger partial charge in [0.1, 0.15) is 0 Å². The Balaban J connectivity index is 1.71. The van der Waals surface area contributed by atoms with E-state index in [0.717, 1.165) is 44.7 Å². The highest BCUT2D eigenvalue weighted by molar-refractivity contribution is 7.89. The van der Waals surface area contributed by atoms with Gasteiger partial charge in [-0.2, -0.15) is 4.31 Å². The molecule has 2 aliphatic rings. The maximum Gasteiger partial charge on any atom is 0.243 e. The summed E-state index contributed by atoms with van der Waals surface area (Å²) in [6.07, 6.45) is 1.93. The molecule has 0 bridgehead atoms. The van der Waals surface area contributed by atoms with Gasteiger partial charge in [-0.1, -0.05) is 32.9 Å². The van der Waals surface area contributed by atoms with E-state index in [2.05, 4.69) is 25.7 Å². The molecule has 2 fully saturated rings. The summed E-state index contributed by atoms with van der Waals surface area (Å²) in [5.74, 6) is 0. The predicted octanol–water partition coefficient (Wildman–Crippen LogP) is 2.47. The minimum Gasteiger partial charge on any atom is -0.380 e. The Bertz CT molecular complexity index is 674. The van der Waals surface area contributed by atoms with Crippen molar-refractivity contribution in [3.05, 3.63) is 29.8 Å². The SMILES string of the molecule is CC(C)(C)c1ccc(S(=O)(=O)N2CCCN(C3CCOC3)CC2)cc1. The molecule has 2 heterocycles. The molecule has 25 heavy (non-hydrogen) atoms. The van der Waals surface area contributed by atoms with Gasteiger partial charge in [-0.3, -0.25) is 4.90 Å². The van der Waals surface area contributed by atoms with Crippen LogP contribution in [0.1, 0.15) is 39.2 Å². The van der Waals surface area contributed by atoms with E-state index >= 15 is 0 Å². The van der Waals surface area contributed by atoms with Gasteiger partial charge in [0.05, 0.1) is 11.5 Å². The van der Waals surface area contributed by atoms with Crippen LogP contribution in [-0.2, 0) is 20.2 Å². The molecule has 1 unspecified atom stereocenters. The Morgan fingerprint density at radius 2 is 1.76 bits per heavy atom. The Hall–Kier alpha value is -0.950. The summed E-state index contributed by atoms with van der Waals surface area (Å²) in [4.78, 5) is 2.80. The molecular formula is C19H30N2O3S. The lowest BCUT2D eigenvalue weighted by molar-refractivity contribution is 0.147. The van der Waals surface area contributed by atoms with Crippen LogP contribution in [0.2, 0.25) is 0 Å². The van der Waals surface area contributed by atoms with Crippen molar-refractivity contribution in [2.75, 3.05) is 39.4 Å². The molecule has 1 aromatic rings. The van der Waals surface area contributed by atoms with Gasteiger partial charge >= 0.3 is 0 Å². The third-order valence-electron chi connectivity index (χ3n) is 5.27. The highest BCUT2D eigenvalue weighted by Gasteiger charge is 2.30. The molecule has 1 aromatic carbocycles. The lowest BCUT2D eigenvalue weighted by Gasteiger charge is -2.26. The second kappa shape index (κ2) is 7.35. The Labute approximate surface area is 152 Å². The summed E-state index contributed by atoms with van der Waals surface area (Å²) in [6.45, 7) is 10.9. The van der Waals surface area contributed by atoms with Gasteiger partial charge < -0.3 is 4.74 Å². The second-order valence-electron chi connectivity index (χ2n) is 8.09. The molecule has 0 amide bonds. The number of hydrogen-bond donors (Lipinski definition) is 0. The van der Waals surface area contributed by atoms with E-state index in [0.29, 0.717) is 24.0 Å². The van der Waals surface area contributed by atoms with Gasteiger partial charge in [-0.05, 0) is 42.5 Å². The zero-order valence-electron chi connectivity index (χ0n) is 15.6. The summed E-state index contributed by atoms with van der Waals surface area (Å²) in [7, 11) is -3.42. The average molecular weight is 367 g/mol. The maximum absolute atomic E-state index is 13.0. The molecule has 0 aliphatic carbocycles. The summed E-state index contributed by atoms with van der Waals surface area (Å²) in [6, 6.07) is 7.83. The van der Waals surface area contributed by atoms with Crippen molar-refractivity contribution in [1.82, 2.24) is 9.21 Å². The Morgan fingerprint density at radius 3 is 2.36 bits per heavy atom. The highest BCUT2D eigenvalue weighted by atomic mass is 32.2. The minimum absolute atomic E-state index is 0.0226. The highest BCUT2D eigenvalue weighted by Crippen LogP contribution is 2.25. The van der Waals surface area contributed by atoms with Crippen molar-refractivity contribution >= 4 is 10.0 Å². The first kappa shape index (κ1) is 18.8. The van der Waals surface area contributed by atoms with Crippen LogP contribution in [0.5, 0.6) is 0 Å². The number of rotatable bonds is 3. The third kappa shape index (κ3) is 4.25. The molecule has 0 aromatic heterocycles. The molecular weight excluding hydrogens is 336 g/mol. The van der Waals surface area contributed by atoms with Crippen LogP contribution in [0.15, 0.2) is 29.2 Å². The smallest absolute Gasteiger partial charge is 0.243 e. The topological polar surface area (TPSA) is 49.9 Å². The average Bonchev–Trinajstić information content (AvgIpc) is 2.98. The van der Waals surface area contributed by atoms with Gasteiger partial charge in [0.15, 0.2) is 0 Å². The van der Waals surface area contributed by atoms with Gasteiger partial charge in [0.25, 0.3) is 0 Å². The van der Waals surface area contributed by atoms with Crippen LogP contribution in [-0.4, -0.2) is 63.1 Å². The standard InChI is InChI=1S/C19H30N2O3S/c1-19(2,3)16-5-7-18(8-6-16)25(22,23)21-11-4-10-20(12-13-21)17-9-14-24-15-17/h5-8,17H,4,9-15H2,1-3H3. The van der Waals surface area contributed by atoms with Crippen molar-refractivity contribution in [2.24, 2.45) is 0 Å². The summed E-state index contributed by atoms with van der Waals surface area (Å²) < 4.78 is 33.2. The molecule has 6 heteroatoms. The predicted molar refractivity (Wildman–Crippen MR) is 99.3 cm³/mol. The van der Waals surface area contributed by atoms with E-state index in [1.807, 2.05) is 12.1 Å². The van der Waals surface area contributed by atoms with Gasteiger partial charge in [0.2, 0.25) is 10.0 Å². The Morgan fingerprint density at radius 1 is 1.04 bits per heavy atom. The number of nitrogens with zero attached hydrogens (tertiary/aromatic N) is 2. The largest absolute Gasteiger partial charge is 0.380 e. The maximum atomic E-state index is 13.0. The van der Waals surface area contributed by atoms with Crippen molar-refractivity contribution in [3.63, 3.8) is 0 Å². The Kier molecular flexibility index (Phi) is 5.54. The van der Waals surface area contributed by atoms with Crippen LogP contribution < -0.4 is 0 Å². The number of ether oxygens (including phenoxy) is 1. The first-order valence-electron chi connectivity index (χ1n) is 9.21. The van der Waals surface area contributed by atoms with E-state index in [-0.39, 0.29) is 5.41 Å². The zero-order valence-corrected chi connectivity index (χ0v) is 16.4. The molecule has 140 valence electrons. The molecule has 2 saturated heterocycles. The molecule has 3 rings (SSSR count). The summed E-state index contributed by atoms with van der Waals surface area (Å²) in [5, 5.41) is 0. The molecule has 0 spiro atoms. The number of sulfonamides is 1. The minimum atomic E-state index is -3.42. The van der Waals surface area contributed by atoms with Crippen LogP contribution in [0.4, 0.5) is 0 Å². The van der Waals surface area contributed by atoms with Crippen molar-refractivity contribution < 1.29 is 13.2 Å². The van der Waals surface area contributed by atoms with Crippen molar-refractivity contribution in [2.45, 2.75) is 50.0 Å². The van der Waals surface area contributed by atoms with E-state index in [9.17, 15) is 8.42 Å². The lowest BCUT2D eigenvalue weighted by Crippen LogP contribution is -2.39. The van der Waals surface area contributed by atoms with E-state index in [4.69, 9.17) is 4.74 Å². The van der Waals surface area contributed by atoms with Gasteiger partial charge in [-0.25, -0.2) is 8.42 Å². The number of benzene rings is 1. The van der Waals surface area contributed by atoms with E-state index in [1.54, 1.807) is 16.4 Å². The first-order valence-corrected chi connectivity index (χ1v) is 10.6. The first-order chi connectivity index (χ1) is 11.8. The lowest BCUT2D eigenvalue weighted by atomic mass is 9.87. The van der Waals surface area contributed by atoms with Gasteiger partial charge in [0, 0.05) is 32.3 Å². The fourth-order valence-corrected chi connectivity index (χ4v) is 5.07. The van der Waals surface area contributed by atoms with Crippen LogP contribution in [0.3, 0.4) is 0 Å². The molecule has 2 aliphatic heterocycles. The van der Waals surface area contributed by atoms with Crippen LogP contribution >= 0.6 is 0 Å². The molecule has 1 atom stereocenters. The molecule has 0 saturated carbocycles. The number of hydrogen-bond acceptors (Lipinski definition) is 4. The molecule has 5 nitrogen and oxygen atoms in total. The quantitative estimate of drug-likeness (QED) is 0.825. The second-order valence-corrected chi connectivity index (χ2v) is 10.0. The normalized spacial score (nSPS) is 24.4. The van der Waals surface area contributed by atoms with E-state index in [1.165, 1.54) is 0 Å². The summed E-state index contributed by atoms with van der Waals surface area (Å²) in [5.41, 5.74) is 1.17. The van der Waals surface area contributed by atoms with E-state index < -0.39 is 10.0 Å². The fraction of sp³-hybridized carbons (Fsp3) is 0.684. The van der Waals surface area contributed by atoms with Crippen LogP contribution in [0.25, 0.3) is 0 Å². The van der Waals surface area contributed by atoms with Crippen LogP contribution in [0, 0.1) is 0 Å². The van der Waals surface area contributed by atoms with Crippen molar-refractivity contribution in [3.8, 4) is 0 Å². The molecule has 0 radical (unpaired) electrons. The van der Waals surface area contributed by atoms with Crippen molar-refractivity contribution in [1.29, 1.82) is 0 Å². The monoisotopic (exact) mass is 366 g/mol. The molecule has 0 N–H and O–H groups in total. The zero-order chi connectivity index (χ0) is 18.1. The fourth-order valence-electron chi connectivity index (χ4n) is 3.61. The summed E-state index contributed by atoms with van der Waals surface area (Å²) >= 11 is 0. The van der Waals surface area contributed by atoms with Gasteiger partial charge in [-0.15, -0.1) is 0 Å².